The molecule has 0 saturated heterocycles. The van der Waals surface area contributed by atoms with Crippen LogP contribution in [0.4, 0.5) is 0 Å². The highest BCUT2D eigenvalue weighted by Gasteiger charge is 2.16. The zero-order valence-corrected chi connectivity index (χ0v) is 16.0. The van der Waals surface area contributed by atoms with Crippen molar-refractivity contribution in [3.63, 3.8) is 0 Å². The van der Waals surface area contributed by atoms with E-state index in [0.717, 1.165) is 0 Å². The van der Waals surface area contributed by atoms with Gasteiger partial charge in [-0.25, -0.2) is 0 Å². The fourth-order valence-electron chi connectivity index (χ4n) is 2.52. The van der Waals surface area contributed by atoms with Gasteiger partial charge in [0.2, 0.25) is 0 Å². The molecule has 0 N–H and O–H groups in total. The molecule has 1 heteroatoms. The first kappa shape index (κ1) is 17.2. The Bertz CT molecular complexity index is 549. The van der Waals surface area contributed by atoms with Gasteiger partial charge in [0.15, 0.2) is 0 Å². The van der Waals surface area contributed by atoms with Crippen LogP contribution in [0.25, 0.3) is 0 Å². The van der Waals surface area contributed by atoms with Crippen LogP contribution in [0.5, 0.6) is 0 Å². The first-order chi connectivity index (χ1) is 10.1. The van der Waals surface area contributed by atoms with Crippen LogP contribution >= 0.6 is 7.92 Å². The quantitative estimate of drug-likeness (QED) is 0.656. The van der Waals surface area contributed by atoms with Gasteiger partial charge in [-0.3, -0.25) is 0 Å². The number of benzene rings is 2. The van der Waals surface area contributed by atoms with Gasteiger partial charge in [-0.05, 0) is 47.2 Å². The molecule has 0 atom stereocenters. The second-order valence-corrected chi connectivity index (χ2v) is 10.3. The SMILES string of the molecule is CP(c1ccc(C(C)(C)C)cc1)c1ccc(C(C)(C)C)cc1. The van der Waals surface area contributed by atoms with Gasteiger partial charge in [0.25, 0.3) is 0 Å². The van der Waals surface area contributed by atoms with Crippen LogP contribution in [-0.4, -0.2) is 6.66 Å². The maximum Gasteiger partial charge on any atom is -0.0132 e. The molecule has 0 saturated carbocycles. The Morgan fingerprint density at radius 2 is 0.818 bits per heavy atom. The maximum atomic E-state index is 2.35. The summed E-state index contributed by atoms with van der Waals surface area (Å²) in [6, 6.07) is 18.4. The minimum absolute atomic E-state index is 0.226. The fourth-order valence-corrected chi connectivity index (χ4v) is 4.01. The van der Waals surface area contributed by atoms with Crippen LogP contribution in [-0.2, 0) is 10.8 Å². The van der Waals surface area contributed by atoms with Crippen molar-refractivity contribution in [1.82, 2.24) is 0 Å². The third-order valence-corrected chi connectivity index (χ3v) is 6.39. The number of hydrogen-bond acceptors (Lipinski definition) is 0. The van der Waals surface area contributed by atoms with Gasteiger partial charge >= 0.3 is 0 Å². The van der Waals surface area contributed by atoms with E-state index < -0.39 is 0 Å². The zero-order valence-electron chi connectivity index (χ0n) is 15.1. The third-order valence-electron chi connectivity index (χ3n) is 4.24. The molecule has 0 aliphatic heterocycles. The summed E-state index contributed by atoms with van der Waals surface area (Å²) >= 11 is 0. The Balaban J connectivity index is 2.23. The van der Waals surface area contributed by atoms with E-state index in [1.807, 2.05) is 0 Å². The molecule has 0 radical (unpaired) electrons. The van der Waals surface area contributed by atoms with Gasteiger partial charge in [0.05, 0.1) is 0 Å². The highest BCUT2D eigenvalue weighted by atomic mass is 31.1. The highest BCUT2D eigenvalue weighted by Crippen LogP contribution is 2.31. The summed E-state index contributed by atoms with van der Waals surface area (Å²) < 4.78 is 0. The van der Waals surface area contributed by atoms with Crippen molar-refractivity contribution in [3.05, 3.63) is 59.7 Å². The van der Waals surface area contributed by atoms with Gasteiger partial charge in [0, 0.05) is 0 Å². The molecule has 0 bridgehead atoms. The van der Waals surface area contributed by atoms with Crippen LogP contribution in [0.1, 0.15) is 52.7 Å². The van der Waals surface area contributed by atoms with Crippen molar-refractivity contribution < 1.29 is 0 Å². The maximum absolute atomic E-state index is 2.35. The monoisotopic (exact) mass is 312 g/mol. The van der Waals surface area contributed by atoms with Crippen LogP contribution in [0, 0.1) is 0 Å². The van der Waals surface area contributed by atoms with Crippen LogP contribution in [0.3, 0.4) is 0 Å². The molecule has 0 fully saturated rings. The number of rotatable bonds is 2. The van der Waals surface area contributed by atoms with Gasteiger partial charge in [0.1, 0.15) is 0 Å². The van der Waals surface area contributed by atoms with Gasteiger partial charge in [-0.1, -0.05) is 90.1 Å². The summed E-state index contributed by atoms with van der Waals surface area (Å²) in [5.74, 6) is 0. The summed E-state index contributed by atoms with van der Waals surface area (Å²) in [4.78, 5) is 0. The summed E-state index contributed by atoms with van der Waals surface area (Å²) in [5, 5.41) is 2.90. The van der Waals surface area contributed by atoms with Crippen molar-refractivity contribution in [1.29, 1.82) is 0 Å². The Kier molecular flexibility index (Phi) is 4.83. The molecule has 0 nitrogen and oxygen atoms in total. The minimum Gasteiger partial charge on any atom is -0.0579 e. The average molecular weight is 312 g/mol. The molecule has 118 valence electrons. The Hall–Kier alpha value is -1.13. The fraction of sp³-hybridized carbons (Fsp3) is 0.429. The van der Waals surface area contributed by atoms with E-state index in [0.29, 0.717) is 0 Å². The minimum atomic E-state index is -0.267. The van der Waals surface area contributed by atoms with E-state index in [-0.39, 0.29) is 18.8 Å². The molecule has 2 aromatic carbocycles. The predicted octanol–water partition coefficient (Wildman–Crippen LogP) is 5.34. The molecule has 22 heavy (non-hydrogen) atoms. The molecule has 0 aliphatic carbocycles. The molecular weight excluding hydrogens is 283 g/mol. The van der Waals surface area contributed by atoms with E-state index in [1.165, 1.54) is 21.7 Å². The first-order valence-corrected chi connectivity index (χ1v) is 9.83. The highest BCUT2D eigenvalue weighted by molar-refractivity contribution is 7.72. The van der Waals surface area contributed by atoms with E-state index in [2.05, 4.69) is 96.7 Å². The molecular formula is C21H29P. The molecule has 0 unspecified atom stereocenters. The summed E-state index contributed by atoms with van der Waals surface area (Å²) in [6.45, 7) is 15.9. The zero-order chi connectivity index (χ0) is 16.5. The summed E-state index contributed by atoms with van der Waals surface area (Å²) in [7, 11) is -0.267. The van der Waals surface area contributed by atoms with E-state index >= 15 is 0 Å². The first-order valence-electron chi connectivity index (χ1n) is 8.04. The van der Waals surface area contributed by atoms with Gasteiger partial charge in [-0.15, -0.1) is 0 Å². The van der Waals surface area contributed by atoms with E-state index in [9.17, 15) is 0 Å². The largest absolute Gasteiger partial charge is 0.0579 e. The smallest absolute Gasteiger partial charge is 0.0132 e. The normalized spacial score (nSPS) is 12.7. The molecule has 2 aromatic rings. The van der Waals surface area contributed by atoms with Crippen molar-refractivity contribution in [3.8, 4) is 0 Å². The van der Waals surface area contributed by atoms with Crippen molar-refractivity contribution >= 4 is 18.5 Å². The molecule has 0 aromatic heterocycles. The van der Waals surface area contributed by atoms with Gasteiger partial charge < -0.3 is 0 Å². The van der Waals surface area contributed by atoms with Crippen LogP contribution in [0.2, 0.25) is 0 Å². The predicted molar refractivity (Wildman–Crippen MR) is 102 cm³/mol. The van der Waals surface area contributed by atoms with Crippen LogP contribution < -0.4 is 10.6 Å². The van der Waals surface area contributed by atoms with Crippen LogP contribution in [0.15, 0.2) is 48.5 Å². The molecule has 0 spiro atoms. The molecule has 2 rings (SSSR count). The number of hydrogen-bond donors (Lipinski definition) is 0. The van der Waals surface area contributed by atoms with Gasteiger partial charge in [-0.2, -0.15) is 0 Å². The van der Waals surface area contributed by atoms with E-state index in [1.54, 1.807) is 0 Å². The Labute approximate surface area is 137 Å². The lowest BCUT2D eigenvalue weighted by atomic mass is 9.87. The Morgan fingerprint density at radius 3 is 1.05 bits per heavy atom. The van der Waals surface area contributed by atoms with E-state index in [4.69, 9.17) is 0 Å². The standard InChI is InChI=1S/C21H29P/c1-20(2,3)16-8-12-18(13-9-16)22(7)19-14-10-17(11-15-19)21(4,5)6/h8-15H,1-7H3. The van der Waals surface area contributed by atoms with Crippen molar-refractivity contribution in [2.75, 3.05) is 6.66 Å². The molecule has 0 aliphatic rings. The summed E-state index contributed by atoms with van der Waals surface area (Å²) in [5.41, 5.74) is 3.26. The lowest BCUT2D eigenvalue weighted by Gasteiger charge is -2.22. The topological polar surface area (TPSA) is 0 Å². The second-order valence-electron chi connectivity index (χ2n) is 8.15. The third kappa shape index (κ3) is 3.99. The lowest BCUT2D eigenvalue weighted by Crippen LogP contribution is -2.16. The second kappa shape index (κ2) is 6.17. The van der Waals surface area contributed by atoms with Crippen molar-refractivity contribution in [2.24, 2.45) is 0 Å². The Morgan fingerprint density at radius 1 is 0.545 bits per heavy atom. The molecule has 0 amide bonds. The van der Waals surface area contributed by atoms with Crippen molar-refractivity contribution in [2.45, 2.75) is 52.4 Å². The summed E-state index contributed by atoms with van der Waals surface area (Å²) in [6.07, 6.45) is 0. The molecule has 0 heterocycles. The lowest BCUT2D eigenvalue weighted by molar-refractivity contribution is 0.590. The average Bonchev–Trinajstić information content (AvgIpc) is 2.45.